The predicted octanol–water partition coefficient (Wildman–Crippen LogP) is 5.74. The monoisotopic (exact) mass is 791 g/mol. The molecule has 0 bridgehead atoms. The number of aliphatic hydroxyl groups excluding tert-OH is 5. The van der Waals surface area contributed by atoms with Crippen LogP contribution in [-0.4, -0.2) is 107 Å². The summed E-state index contributed by atoms with van der Waals surface area (Å²) in [5, 5.41) is 54.9. The molecule has 8 unspecified atom stereocenters. The molecule has 13 nitrogen and oxygen atoms in total. The summed E-state index contributed by atoms with van der Waals surface area (Å²) in [6.07, 6.45) is 22.5. The molecule has 1 aliphatic heterocycles. The predicted molar refractivity (Wildman–Crippen MR) is 210 cm³/mol. The van der Waals surface area contributed by atoms with Gasteiger partial charge in [-0.1, -0.05) is 127 Å². The van der Waals surface area contributed by atoms with E-state index in [2.05, 4.69) is 47.7 Å². The van der Waals surface area contributed by atoms with Crippen molar-refractivity contribution in [2.75, 3.05) is 13.2 Å². The van der Waals surface area contributed by atoms with Gasteiger partial charge in [0.25, 0.3) is 0 Å². The van der Waals surface area contributed by atoms with Crippen LogP contribution in [0.5, 0.6) is 0 Å². The van der Waals surface area contributed by atoms with E-state index in [1.807, 2.05) is 0 Å². The van der Waals surface area contributed by atoms with Crippen LogP contribution in [0.15, 0.2) is 36.5 Å². The summed E-state index contributed by atoms with van der Waals surface area (Å²) in [5.41, 5.74) is 0. The molecule has 14 heteroatoms. The Morgan fingerprint density at radius 1 is 0.741 bits per heavy atom. The van der Waals surface area contributed by atoms with E-state index >= 15 is 0 Å². The van der Waals surface area contributed by atoms with Crippen LogP contribution in [0, 0.1) is 0 Å². The fraction of sp³-hybridized carbons (Fsp3) is 0.825. The highest BCUT2D eigenvalue weighted by atomic mass is 32.3. The molecule has 1 aliphatic rings. The largest absolute Gasteiger partial charge is 0.397 e. The molecule has 1 fully saturated rings. The number of allylic oxidation sites excluding steroid dienone is 5. The highest BCUT2D eigenvalue weighted by Gasteiger charge is 2.48. The topological polar surface area (TPSA) is 212 Å². The van der Waals surface area contributed by atoms with Gasteiger partial charge in [0, 0.05) is 0 Å². The maximum Gasteiger partial charge on any atom is 0.397 e. The van der Waals surface area contributed by atoms with Gasteiger partial charge in [0.05, 0.1) is 25.4 Å². The summed E-state index contributed by atoms with van der Waals surface area (Å²) in [7, 11) is -5.12. The Bertz CT molecular complexity index is 1130. The molecule has 0 saturated carbocycles. The average Bonchev–Trinajstić information content (AvgIpc) is 3.14. The van der Waals surface area contributed by atoms with Crippen molar-refractivity contribution in [2.45, 2.75) is 198 Å². The molecule has 1 amide bonds. The van der Waals surface area contributed by atoms with Crippen LogP contribution >= 0.6 is 0 Å². The standard InChI is InChI=1S/C40H73NO12S/c1-3-5-7-9-11-13-15-17-19-20-22-24-26-28-33(43)32(31-51-40-37(46)38(53-54(48,49)50)36(45)35(30-42)52-40)41-39(47)34(44)29-27-25-23-21-18-16-14-12-10-8-6-4-2/h18-21,26,28,32-38,40,42-46H,3-17,22-25,27,29-31H2,1-2H3,(H,41,47)(H,48,49,50)/b20-19+,21-18-,28-26+. The van der Waals surface area contributed by atoms with Crippen molar-refractivity contribution in [3.8, 4) is 0 Å². The minimum absolute atomic E-state index is 0.205. The number of amides is 1. The fourth-order valence-corrected chi connectivity index (χ4v) is 6.68. The molecular weight excluding hydrogens is 719 g/mol. The lowest BCUT2D eigenvalue weighted by Crippen LogP contribution is -2.61. The molecular formula is C40H73NO12S. The molecule has 0 radical (unpaired) electrons. The van der Waals surface area contributed by atoms with Crippen molar-refractivity contribution in [3.63, 3.8) is 0 Å². The van der Waals surface area contributed by atoms with Crippen LogP contribution in [-0.2, 0) is 28.9 Å². The molecule has 8 atom stereocenters. The highest BCUT2D eigenvalue weighted by Crippen LogP contribution is 2.26. The van der Waals surface area contributed by atoms with Crippen molar-refractivity contribution in [1.82, 2.24) is 5.32 Å². The number of hydrogen-bond donors (Lipinski definition) is 7. The molecule has 0 aliphatic carbocycles. The minimum Gasteiger partial charge on any atom is -0.394 e. The second-order valence-corrected chi connectivity index (χ2v) is 15.4. The maximum atomic E-state index is 13.0. The Balaban J connectivity index is 2.73. The second-order valence-electron chi connectivity index (χ2n) is 14.3. The van der Waals surface area contributed by atoms with Crippen LogP contribution in [0.2, 0.25) is 0 Å². The molecule has 0 aromatic heterocycles. The van der Waals surface area contributed by atoms with Crippen LogP contribution in [0.25, 0.3) is 0 Å². The van der Waals surface area contributed by atoms with Crippen molar-refractivity contribution in [3.05, 3.63) is 36.5 Å². The van der Waals surface area contributed by atoms with Gasteiger partial charge in [-0.2, -0.15) is 8.42 Å². The molecule has 0 aromatic rings. The van der Waals surface area contributed by atoms with Crippen molar-refractivity contribution < 1.29 is 57.0 Å². The SMILES string of the molecule is CCCCCCCC/C=C\CCCCC(O)C(=O)NC(COC1OC(CO)C(O)C(OS(=O)(=O)O)C1O)C(O)/C=C/CC/C=C/CCCCCCCCC. The molecule has 1 heterocycles. The van der Waals surface area contributed by atoms with E-state index in [-0.39, 0.29) is 6.42 Å². The first kappa shape index (κ1) is 50.3. The van der Waals surface area contributed by atoms with Crippen LogP contribution in [0.3, 0.4) is 0 Å². The van der Waals surface area contributed by atoms with Crippen molar-refractivity contribution in [1.29, 1.82) is 0 Å². The Hall–Kier alpha value is -1.72. The Labute approximate surface area is 325 Å². The first-order valence-electron chi connectivity index (χ1n) is 20.5. The average molecular weight is 792 g/mol. The summed E-state index contributed by atoms with van der Waals surface area (Å²) in [4.78, 5) is 13.0. The first-order valence-corrected chi connectivity index (χ1v) is 21.8. The highest BCUT2D eigenvalue weighted by molar-refractivity contribution is 7.80. The van der Waals surface area contributed by atoms with Crippen molar-refractivity contribution in [2.24, 2.45) is 0 Å². The number of nitrogens with one attached hydrogen (secondary N) is 1. The lowest BCUT2D eigenvalue weighted by atomic mass is 9.99. The normalized spacial score (nSPS) is 22.7. The van der Waals surface area contributed by atoms with E-state index in [4.69, 9.17) is 14.0 Å². The van der Waals surface area contributed by atoms with Gasteiger partial charge >= 0.3 is 10.4 Å². The third-order valence-electron chi connectivity index (χ3n) is 9.50. The van der Waals surface area contributed by atoms with E-state index in [1.165, 1.54) is 83.1 Å². The Morgan fingerprint density at radius 3 is 1.78 bits per heavy atom. The summed E-state index contributed by atoms with van der Waals surface area (Å²) in [6.45, 7) is 3.13. The zero-order valence-corrected chi connectivity index (χ0v) is 33.7. The molecule has 1 rings (SSSR count). The van der Waals surface area contributed by atoms with E-state index in [0.717, 1.165) is 38.5 Å². The van der Waals surface area contributed by atoms with Gasteiger partial charge in [0.1, 0.15) is 30.5 Å². The minimum atomic E-state index is -5.12. The fourth-order valence-electron chi connectivity index (χ4n) is 6.17. The van der Waals surface area contributed by atoms with Gasteiger partial charge in [-0.25, -0.2) is 4.18 Å². The summed E-state index contributed by atoms with van der Waals surface area (Å²) in [5.74, 6) is -0.732. The molecule has 316 valence electrons. The number of rotatable bonds is 33. The van der Waals surface area contributed by atoms with E-state index in [1.54, 1.807) is 6.08 Å². The van der Waals surface area contributed by atoms with Gasteiger partial charge in [-0.15, -0.1) is 0 Å². The van der Waals surface area contributed by atoms with E-state index in [9.17, 15) is 38.7 Å². The van der Waals surface area contributed by atoms with Gasteiger partial charge in [0.2, 0.25) is 5.91 Å². The molecule has 0 spiro atoms. The van der Waals surface area contributed by atoms with Gasteiger partial charge in [-0.05, 0) is 57.8 Å². The molecule has 7 N–H and O–H groups in total. The quantitative estimate of drug-likeness (QED) is 0.0241. The lowest BCUT2D eigenvalue weighted by molar-refractivity contribution is -0.298. The van der Waals surface area contributed by atoms with Gasteiger partial charge in [-0.3, -0.25) is 9.35 Å². The first-order chi connectivity index (χ1) is 25.9. The number of carbonyl (C=O) groups is 1. The number of hydrogen-bond acceptors (Lipinski definition) is 11. The van der Waals surface area contributed by atoms with Gasteiger partial charge < -0.3 is 40.3 Å². The molecule has 54 heavy (non-hydrogen) atoms. The maximum absolute atomic E-state index is 13.0. The van der Waals surface area contributed by atoms with E-state index < -0.39 is 78.5 Å². The summed E-state index contributed by atoms with van der Waals surface area (Å²) in [6, 6.07) is -1.14. The summed E-state index contributed by atoms with van der Waals surface area (Å²) >= 11 is 0. The third kappa shape index (κ3) is 24.0. The van der Waals surface area contributed by atoms with Crippen LogP contribution in [0.4, 0.5) is 0 Å². The Morgan fingerprint density at radius 2 is 1.24 bits per heavy atom. The molecule has 1 saturated heterocycles. The van der Waals surface area contributed by atoms with Crippen LogP contribution in [0.1, 0.15) is 149 Å². The number of unbranched alkanes of at least 4 members (excludes halogenated alkanes) is 16. The third-order valence-corrected chi connectivity index (χ3v) is 9.97. The lowest BCUT2D eigenvalue weighted by Gasteiger charge is -2.41. The van der Waals surface area contributed by atoms with E-state index in [0.29, 0.717) is 12.8 Å². The van der Waals surface area contributed by atoms with Gasteiger partial charge in [0.15, 0.2) is 6.29 Å². The van der Waals surface area contributed by atoms with Crippen molar-refractivity contribution >= 4 is 16.3 Å². The number of carbonyl (C=O) groups excluding carboxylic acids is 1. The summed E-state index contributed by atoms with van der Waals surface area (Å²) < 4.78 is 47.3. The number of ether oxygens (including phenoxy) is 2. The Kier molecular flexibility index (Phi) is 29.2. The zero-order chi connectivity index (χ0) is 40.0. The smallest absolute Gasteiger partial charge is 0.394 e. The number of aliphatic hydroxyl groups is 5. The second kappa shape index (κ2) is 31.4. The zero-order valence-electron chi connectivity index (χ0n) is 32.9. The molecule has 0 aromatic carbocycles. The van der Waals surface area contributed by atoms with Crippen LogP contribution < -0.4 is 5.32 Å².